The van der Waals surface area contributed by atoms with E-state index in [0.717, 1.165) is 4.88 Å². The van der Waals surface area contributed by atoms with Crippen molar-refractivity contribution < 1.29 is 19.1 Å². The van der Waals surface area contributed by atoms with Crippen LogP contribution in [0.25, 0.3) is 10.8 Å². The number of aromatic nitrogens is 1. The van der Waals surface area contributed by atoms with Crippen LogP contribution in [0.15, 0.2) is 28.2 Å². The summed E-state index contributed by atoms with van der Waals surface area (Å²) in [5, 5.41) is 13.6. The summed E-state index contributed by atoms with van der Waals surface area (Å²) in [5.41, 5.74) is -0.794. The molecule has 0 radical (unpaired) electrons. The fourth-order valence-corrected chi connectivity index (χ4v) is 2.37. The molecule has 1 atom stereocenters. The molecule has 2 N–H and O–H groups in total. The van der Waals surface area contributed by atoms with Gasteiger partial charge < -0.3 is 14.8 Å². The number of rotatable bonds is 6. The first-order chi connectivity index (χ1) is 9.94. The van der Waals surface area contributed by atoms with Crippen molar-refractivity contribution in [3.63, 3.8) is 0 Å². The molecule has 21 heavy (non-hydrogen) atoms. The van der Waals surface area contributed by atoms with Crippen molar-refractivity contribution in [3.05, 3.63) is 29.5 Å². The van der Waals surface area contributed by atoms with Crippen molar-refractivity contribution in [1.82, 2.24) is 10.3 Å². The lowest BCUT2D eigenvalue weighted by atomic mass is 9.99. The Hall–Kier alpha value is -2.15. The number of nitrogens with zero attached hydrogens (tertiary/aromatic N) is 1. The molecule has 0 fully saturated rings. The van der Waals surface area contributed by atoms with Gasteiger partial charge in [0.15, 0.2) is 0 Å². The van der Waals surface area contributed by atoms with Crippen molar-refractivity contribution >= 4 is 23.2 Å². The lowest BCUT2D eigenvalue weighted by Gasteiger charge is -2.24. The number of carbonyl (C=O) groups is 2. The molecule has 2 aromatic heterocycles. The van der Waals surface area contributed by atoms with Crippen molar-refractivity contribution in [2.75, 3.05) is 0 Å². The minimum absolute atomic E-state index is 0.0161. The van der Waals surface area contributed by atoms with Crippen LogP contribution in [-0.2, 0) is 16.0 Å². The van der Waals surface area contributed by atoms with E-state index < -0.39 is 17.4 Å². The van der Waals surface area contributed by atoms with Gasteiger partial charge in [0.25, 0.3) is 0 Å². The predicted octanol–water partition coefficient (Wildman–Crippen LogP) is 2.32. The highest BCUT2D eigenvalue weighted by Gasteiger charge is 2.32. The molecule has 1 unspecified atom stereocenters. The molecule has 2 rings (SSSR count). The molecule has 0 spiro atoms. The number of oxazole rings is 1. The zero-order valence-electron chi connectivity index (χ0n) is 11.8. The third kappa shape index (κ3) is 3.49. The number of hydrogen-bond donors (Lipinski definition) is 2. The Labute approximate surface area is 125 Å². The highest BCUT2D eigenvalue weighted by atomic mass is 32.1. The van der Waals surface area contributed by atoms with Crippen molar-refractivity contribution in [1.29, 1.82) is 0 Å². The monoisotopic (exact) mass is 308 g/mol. The molecule has 0 saturated heterocycles. The first kappa shape index (κ1) is 15.2. The van der Waals surface area contributed by atoms with Gasteiger partial charge in [-0.05, 0) is 24.8 Å². The van der Waals surface area contributed by atoms with Crippen LogP contribution in [0.4, 0.5) is 0 Å². The molecule has 0 aromatic carbocycles. The molecule has 0 saturated carbocycles. The fraction of sp³-hybridized carbons (Fsp3) is 0.357. The summed E-state index contributed by atoms with van der Waals surface area (Å²) in [6.45, 7) is 3.19. The Bertz CT molecular complexity index is 635. The largest absolute Gasteiger partial charge is 0.480 e. The molecule has 0 aliphatic carbocycles. The number of carboxylic acid groups (broad SMARTS) is 1. The van der Waals surface area contributed by atoms with Crippen molar-refractivity contribution in [2.24, 2.45) is 0 Å². The number of thiophene rings is 1. The maximum Gasteiger partial charge on any atom is 0.329 e. The Balaban J connectivity index is 2.02. The van der Waals surface area contributed by atoms with Crippen LogP contribution in [-0.4, -0.2) is 27.5 Å². The van der Waals surface area contributed by atoms with E-state index in [9.17, 15) is 9.59 Å². The van der Waals surface area contributed by atoms with Crippen LogP contribution < -0.4 is 5.32 Å². The van der Waals surface area contributed by atoms with Gasteiger partial charge in [-0.25, -0.2) is 9.78 Å². The number of hydrogen-bond acceptors (Lipinski definition) is 5. The zero-order valence-corrected chi connectivity index (χ0v) is 12.6. The minimum Gasteiger partial charge on any atom is -0.480 e. The molecule has 2 aromatic rings. The molecular formula is C14H16N2O4S. The minimum atomic E-state index is -1.27. The van der Waals surface area contributed by atoms with Crippen LogP contribution in [0.3, 0.4) is 0 Å². The van der Waals surface area contributed by atoms with E-state index >= 15 is 0 Å². The Kier molecular flexibility index (Phi) is 4.42. The SMILES string of the molecule is CCC(C)(NC(=O)Cc1coc(-c2cccs2)n1)C(=O)O. The second-order valence-corrected chi connectivity index (χ2v) is 5.78. The fourth-order valence-electron chi connectivity index (χ4n) is 1.71. The van der Waals surface area contributed by atoms with E-state index in [1.54, 1.807) is 6.92 Å². The summed E-state index contributed by atoms with van der Waals surface area (Å²) >= 11 is 1.49. The van der Waals surface area contributed by atoms with Gasteiger partial charge in [0.1, 0.15) is 11.8 Å². The summed E-state index contributed by atoms with van der Waals surface area (Å²) in [6, 6.07) is 3.76. The summed E-state index contributed by atoms with van der Waals surface area (Å²) in [7, 11) is 0. The van der Waals surface area contributed by atoms with E-state index in [4.69, 9.17) is 9.52 Å². The smallest absolute Gasteiger partial charge is 0.329 e. The molecule has 7 heteroatoms. The normalized spacial score (nSPS) is 13.6. The van der Waals surface area contributed by atoms with Gasteiger partial charge in [0, 0.05) is 0 Å². The molecule has 1 amide bonds. The third-order valence-corrected chi connectivity index (χ3v) is 4.08. The molecule has 2 heterocycles. The van der Waals surface area contributed by atoms with E-state index in [1.165, 1.54) is 24.5 Å². The third-order valence-electron chi connectivity index (χ3n) is 3.22. The van der Waals surface area contributed by atoms with Gasteiger partial charge in [-0.15, -0.1) is 11.3 Å². The Morgan fingerprint density at radius 2 is 2.29 bits per heavy atom. The number of carbonyl (C=O) groups excluding carboxylic acids is 1. The predicted molar refractivity (Wildman–Crippen MR) is 78.0 cm³/mol. The summed E-state index contributed by atoms with van der Waals surface area (Å²) in [4.78, 5) is 28.2. The van der Waals surface area contributed by atoms with Crippen LogP contribution >= 0.6 is 11.3 Å². The maximum atomic E-state index is 11.9. The molecule has 0 bridgehead atoms. The quantitative estimate of drug-likeness (QED) is 0.854. The van der Waals surface area contributed by atoms with Gasteiger partial charge in [0.05, 0.1) is 17.0 Å². The number of carboxylic acids is 1. The molecule has 0 aliphatic heterocycles. The second kappa shape index (κ2) is 6.09. The topological polar surface area (TPSA) is 92.4 Å². The summed E-state index contributed by atoms with van der Waals surface area (Å²) in [5.74, 6) is -0.991. The van der Waals surface area contributed by atoms with Crippen molar-refractivity contribution in [3.8, 4) is 10.8 Å². The lowest BCUT2D eigenvalue weighted by Crippen LogP contribution is -2.52. The van der Waals surface area contributed by atoms with Gasteiger partial charge in [-0.2, -0.15) is 0 Å². The highest BCUT2D eigenvalue weighted by molar-refractivity contribution is 7.13. The molecule has 112 valence electrons. The van der Waals surface area contributed by atoms with Gasteiger partial charge >= 0.3 is 5.97 Å². The number of amides is 1. The van der Waals surface area contributed by atoms with E-state index in [2.05, 4.69) is 10.3 Å². The zero-order chi connectivity index (χ0) is 15.5. The van der Waals surface area contributed by atoms with E-state index in [0.29, 0.717) is 18.0 Å². The van der Waals surface area contributed by atoms with Crippen LogP contribution in [0.5, 0.6) is 0 Å². The molecule has 6 nitrogen and oxygen atoms in total. The lowest BCUT2D eigenvalue weighted by molar-refractivity contribution is -0.146. The highest BCUT2D eigenvalue weighted by Crippen LogP contribution is 2.23. The second-order valence-electron chi connectivity index (χ2n) is 4.84. The van der Waals surface area contributed by atoms with Gasteiger partial charge in [0.2, 0.25) is 11.8 Å². The average molecular weight is 308 g/mol. The molecule has 0 aliphatic rings. The van der Waals surface area contributed by atoms with Crippen LogP contribution in [0.2, 0.25) is 0 Å². The number of aliphatic carboxylic acids is 1. The Morgan fingerprint density at radius 1 is 1.52 bits per heavy atom. The van der Waals surface area contributed by atoms with Crippen molar-refractivity contribution in [2.45, 2.75) is 32.2 Å². The van der Waals surface area contributed by atoms with E-state index in [1.807, 2.05) is 17.5 Å². The Morgan fingerprint density at radius 3 is 2.86 bits per heavy atom. The number of nitrogens with one attached hydrogen (secondary N) is 1. The first-order valence-corrected chi connectivity index (χ1v) is 7.35. The standard InChI is InChI=1S/C14H16N2O4S/c1-3-14(2,13(18)19)16-11(17)7-9-8-20-12(15-9)10-5-4-6-21-10/h4-6,8H,3,7H2,1-2H3,(H,16,17)(H,18,19). The summed E-state index contributed by atoms with van der Waals surface area (Å²) in [6.07, 6.45) is 1.70. The average Bonchev–Trinajstić information content (AvgIpc) is 3.08. The maximum absolute atomic E-state index is 11.9. The van der Waals surface area contributed by atoms with Gasteiger partial charge in [-0.3, -0.25) is 4.79 Å². The van der Waals surface area contributed by atoms with E-state index in [-0.39, 0.29) is 6.42 Å². The summed E-state index contributed by atoms with van der Waals surface area (Å²) < 4.78 is 5.32. The first-order valence-electron chi connectivity index (χ1n) is 6.47. The van der Waals surface area contributed by atoms with Crippen LogP contribution in [0, 0.1) is 0 Å². The van der Waals surface area contributed by atoms with Gasteiger partial charge in [-0.1, -0.05) is 13.0 Å². The molecular weight excluding hydrogens is 292 g/mol. The van der Waals surface area contributed by atoms with Crippen LogP contribution in [0.1, 0.15) is 26.0 Å².